The molecule has 2 aromatic heterocycles. The maximum absolute atomic E-state index is 13.7. The third-order valence-electron chi connectivity index (χ3n) is 6.81. The highest BCUT2D eigenvalue weighted by Crippen LogP contribution is 2.18. The molecule has 46 heavy (non-hydrogen) atoms. The first-order valence-electron chi connectivity index (χ1n) is 15.2. The Hall–Kier alpha value is -4.55. The number of halogens is 1. The molecular weight excluding hydrogens is 624 g/mol. The fourth-order valence-corrected chi connectivity index (χ4v) is 5.53. The lowest BCUT2D eigenvalue weighted by atomic mass is 10.1. The van der Waals surface area contributed by atoms with E-state index in [4.69, 9.17) is 23.1 Å². The fraction of sp³-hybridized carbons (Fsp3) is 0.333. The summed E-state index contributed by atoms with van der Waals surface area (Å²) < 4.78 is 1.34. The summed E-state index contributed by atoms with van der Waals surface area (Å²) in [5, 5.41) is 7.97. The van der Waals surface area contributed by atoms with E-state index in [2.05, 4.69) is 25.6 Å². The molecule has 2 heterocycles. The van der Waals surface area contributed by atoms with Gasteiger partial charge in [0.05, 0.1) is 11.7 Å². The highest BCUT2D eigenvalue weighted by molar-refractivity contribution is 7.11. The molecule has 0 aliphatic rings. The van der Waals surface area contributed by atoms with Crippen molar-refractivity contribution >= 4 is 46.4 Å². The molecule has 1 amide bonds. The summed E-state index contributed by atoms with van der Waals surface area (Å²) in [5.74, 6) is -0.857. The van der Waals surface area contributed by atoms with Crippen LogP contribution in [0.5, 0.6) is 0 Å². The molecule has 244 valence electrons. The Labute approximate surface area is 278 Å². The van der Waals surface area contributed by atoms with Gasteiger partial charge in [0.15, 0.2) is 21.9 Å². The van der Waals surface area contributed by atoms with Crippen LogP contribution in [0.2, 0.25) is 5.15 Å². The second-order valence-electron chi connectivity index (χ2n) is 10.0. The lowest BCUT2D eigenvalue weighted by Crippen LogP contribution is -2.44. The minimum atomic E-state index is -0.882. The van der Waals surface area contributed by atoms with Crippen molar-refractivity contribution in [1.82, 2.24) is 19.9 Å². The van der Waals surface area contributed by atoms with Gasteiger partial charge in [-0.25, -0.2) is 9.97 Å². The summed E-state index contributed by atoms with van der Waals surface area (Å²) in [6, 6.07) is 18.7. The van der Waals surface area contributed by atoms with Crippen molar-refractivity contribution in [3.05, 3.63) is 110 Å². The quantitative estimate of drug-likeness (QED) is 0.0596. The van der Waals surface area contributed by atoms with Crippen LogP contribution in [0, 0.1) is 0 Å². The van der Waals surface area contributed by atoms with Gasteiger partial charge in [-0.3, -0.25) is 23.9 Å². The first-order valence-corrected chi connectivity index (χ1v) is 16.5. The number of aromatic nitrogens is 3. The number of nitrogens with zero attached hydrogens (tertiary/aromatic N) is 4. The second-order valence-corrected chi connectivity index (χ2v) is 11.3. The number of aliphatic imine (C=N–C) groups is 1. The molecule has 0 bridgehead atoms. The zero-order valence-corrected chi connectivity index (χ0v) is 27.7. The summed E-state index contributed by atoms with van der Waals surface area (Å²) in [6.45, 7) is 4.38. The molecule has 0 fully saturated rings. The smallest absolute Gasteiger partial charge is 0.294 e. The van der Waals surface area contributed by atoms with Crippen LogP contribution in [0.25, 0.3) is 0 Å². The van der Waals surface area contributed by atoms with Gasteiger partial charge in [-0.1, -0.05) is 86.1 Å². The topological polar surface area (TPSA) is 170 Å². The minimum Gasteiger partial charge on any atom is -0.370 e. The number of carbonyl (C=O) groups excluding carboxylic acids is 2. The van der Waals surface area contributed by atoms with Crippen LogP contribution in [0.15, 0.2) is 82.0 Å². The van der Waals surface area contributed by atoms with Crippen LogP contribution in [-0.4, -0.2) is 51.3 Å². The van der Waals surface area contributed by atoms with Gasteiger partial charge >= 0.3 is 0 Å². The standard InChI is InChI=1S/C31H35ClN8O3S.C2H6/c32-27-24(14-13-21-8-3-1-4-9-21)40(30(43)28(39-27)35-17-15-22-10-5-2-6-11-22)20-25(41)38-23(12-7-16-37-31(33)34)26(42)29-36-18-19-44-29;1-2/h1-6,8-11,18-19,23H,7,12-17,20H2,(H,35,39)(H,38,41)(H4,33,34,37);1-2H3. The number of amides is 1. The summed E-state index contributed by atoms with van der Waals surface area (Å²) in [5.41, 5.74) is 12.9. The number of nitrogens with one attached hydrogen (secondary N) is 2. The van der Waals surface area contributed by atoms with E-state index in [0.29, 0.717) is 44.5 Å². The van der Waals surface area contributed by atoms with Crippen LogP contribution in [0.1, 0.15) is 53.3 Å². The van der Waals surface area contributed by atoms with Gasteiger partial charge in [0, 0.05) is 24.7 Å². The number of thiazole rings is 1. The zero-order valence-electron chi connectivity index (χ0n) is 26.1. The number of rotatable bonds is 16. The maximum atomic E-state index is 13.7. The summed E-state index contributed by atoms with van der Waals surface area (Å²) in [7, 11) is 0. The molecule has 4 aromatic rings. The van der Waals surface area contributed by atoms with Gasteiger partial charge in [0.25, 0.3) is 5.56 Å². The van der Waals surface area contributed by atoms with E-state index in [0.717, 1.165) is 11.1 Å². The Morgan fingerprint density at radius 2 is 1.65 bits per heavy atom. The van der Waals surface area contributed by atoms with Crippen molar-refractivity contribution < 1.29 is 9.59 Å². The second kappa shape index (κ2) is 19.1. The molecule has 1 atom stereocenters. The number of nitrogens with two attached hydrogens (primary N) is 2. The van der Waals surface area contributed by atoms with Crippen molar-refractivity contribution in [2.45, 2.75) is 58.5 Å². The molecule has 13 heteroatoms. The molecule has 0 saturated heterocycles. The molecule has 11 nitrogen and oxygen atoms in total. The number of Topliss-reactive ketones (excluding diaryl/α,β-unsaturated/α-hetero) is 1. The average Bonchev–Trinajstić information content (AvgIpc) is 3.61. The van der Waals surface area contributed by atoms with Gasteiger partial charge in [0.2, 0.25) is 11.7 Å². The van der Waals surface area contributed by atoms with E-state index in [1.54, 1.807) is 5.38 Å². The number of ketones is 1. The molecule has 1 unspecified atom stereocenters. The van der Waals surface area contributed by atoms with E-state index in [1.165, 1.54) is 22.1 Å². The normalized spacial score (nSPS) is 11.1. The average molecular weight is 665 g/mol. The van der Waals surface area contributed by atoms with Gasteiger partial charge in [-0.2, -0.15) is 0 Å². The van der Waals surface area contributed by atoms with E-state index in [9.17, 15) is 14.4 Å². The Morgan fingerprint density at radius 3 is 2.26 bits per heavy atom. The van der Waals surface area contributed by atoms with Crippen LogP contribution in [0.3, 0.4) is 0 Å². The van der Waals surface area contributed by atoms with Crippen molar-refractivity contribution in [2.75, 3.05) is 18.4 Å². The Morgan fingerprint density at radius 1 is 1.00 bits per heavy atom. The van der Waals surface area contributed by atoms with Gasteiger partial charge in [-0.15, -0.1) is 11.3 Å². The number of anilines is 1. The van der Waals surface area contributed by atoms with Crippen molar-refractivity contribution in [1.29, 1.82) is 0 Å². The lowest BCUT2D eigenvalue weighted by Gasteiger charge is -2.19. The maximum Gasteiger partial charge on any atom is 0.294 e. The molecule has 4 rings (SSSR count). The summed E-state index contributed by atoms with van der Waals surface area (Å²) >= 11 is 7.83. The monoisotopic (exact) mass is 664 g/mol. The Kier molecular flexibility index (Phi) is 14.9. The third kappa shape index (κ3) is 11.1. The number of aryl methyl sites for hydroxylation is 1. The van der Waals surface area contributed by atoms with E-state index in [1.807, 2.05) is 74.5 Å². The van der Waals surface area contributed by atoms with Crippen LogP contribution in [0.4, 0.5) is 5.82 Å². The highest BCUT2D eigenvalue weighted by atomic mass is 35.5. The van der Waals surface area contributed by atoms with Gasteiger partial charge < -0.3 is 22.1 Å². The first kappa shape index (κ1) is 35.9. The SMILES string of the molecule is CC.NC(N)=NCCCC(NC(=O)Cn1c(CCc2ccccc2)c(Cl)nc(NCCc2ccccc2)c1=O)C(=O)c1nccs1. The van der Waals surface area contributed by atoms with Crippen LogP contribution >= 0.6 is 22.9 Å². The van der Waals surface area contributed by atoms with E-state index in [-0.39, 0.29) is 40.7 Å². The number of carbonyl (C=O) groups is 2. The van der Waals surface area contributed by atoms with Crippen LogP contribution < -0.4 is 27.7 Å². The van der Waals surface area contributed by atoms with Crippen LogP contribution in [-0.2, 0) is 30.6 Å². The van der Waals surface area contributed by atoms with Crippen molar-refractivity contribution in [3.63, 3.8) is 0 Å². The highest BCUT2D eigenvalue weighted by Gasteiger charge is 2.25. The zero-order chi connectivity index (χ0) is 33.3. The molecule has 0 saturated carbocycles. The number of benzene rings is 2. The lowest BCUT2D eigenvalue weighted by molar-refractivity contribution is -0.122. The van der Waals surface area contributed by atoms with Crippen molar-refractivity contribution in [3.8, 4) is 0 Å². The molecular formula is C33H41ClN8O3S. The largest absolute Gasteiger partial charge is 0.370 e. The number of hydrogen-bond acceptors (Lipinski definition) is 8. The van der Waals surface area contributed by atoms with Gasteiger partial charge in [-0.05, 0) is 43.2 Å². The first-order chi connectivity index (χ1) is 22.3. The molecule has 6 N–H and O–H groups in total. The molecule has 0 radical (unpaired) electrons. The fourth-order valence-electron chi connectivity index (χ4n) is 4.62. The minimum absolute atomic E-state index is 0.0508. The third-order valence-corrected chi connectivity index (χ3v) is 7.90. The Balaban J connectivity index is 0.00000282. The predicted molar refractivity (Wildman–Crippen MR) is 186 cm³/mol. The molecule has 2 aromatic carbocycles. The van der Waals surface area contributed by atoms with Gasteiger partial charge in [0.1, 0.15) is 6.54 Å². The summed E-state index contributed by atoms with van der Waals surface area (Å²) in [4.78, 5) is 52.8. The molecule has 0 spiro atoms. The number of guanidine groups is 1. The van der Waals surface area contributed by atoms with E-state index < -0.39 is 17.5 Å². The summed E-state index contributed by atoms with van der Waals surface area (Å²) in [6.07, 6.45) is 3.87. The Bertz CT molecular complexity index is 1610. The predicted octanol–water partition coefficient (Wildman–Crippen LogP) is 4.24. The molecule has 0 aliphatic heterocycles. The van der Waals surface area contributed by atoms with E-state index >= 15 is 0 Å². The molecule has 0 aliphatic carbocycles. The number of hydrogen-bond donors (Lipinski definition) is 4. The van der Waals surface area contributed by atoms with Crippen molar-refractivity contribution in [2.24, 2.45) is 16.5 Å².